The molecule has 1 atom stereocenters. The van der Waals surface area contributed by atoms with Gasteiger partial charge in [0, 0.05) is 24.2 Å². The van der Waals surface area contributed by atoms with Crippen molar-refractivity contribution >= 4 is 15.9 Å². The van der Waals surface area contributed by atoms with E-state index in [0.29, 0.717) is 11.3 Å². The lowest BCUT2D eigenvalue weighted by molar-refractivity contribution is 0.0940. The number of nitrogens with zero attached hydrogens (tertiary/aromatic N) is 3. The number of aromatic nitrogens is 3. The summed E-state index contributed by atoms with van der Waals surface area (Å²) in [6.07, 6.45) is 5.00. The van der Waals surface area contributed by atoms with Gasteiger partial charge in [-0.25, -0.2) is 18.2 Å². The van der Waals surface area contributed by atoms with Crippen molar-refractivity contribution < 1.29 is 13.2 Å². The van der Waals surface area contributed by atoms with E-state index in [1.165, 1.54) is 12.1 Å². The first-order valence-electron chi connectivity index (χ1n) is 9.82. The topological polar surface area (TPSA) is 120 Å². The molecule has 0 saturated carbocycles. The largest absolute Gasteiger partial charge is 0.345 e. The number of pyridine rings is 1. The summed E-state index contributed by atoms with van der Waals surface area (Å²) in [6.45, 7) is 1.81. The molecule has 3 N–H and O–H groups in total. The smallest absolute Gasteiger partial charge is 0.255 e. The van der Waals surface area contributed by atoms with Gasteiger partial charge in [-0.2, -0.15) is 5.10 Å². The van der Waals surface area contributed by atoms with Gasteiger partial charge >= 0.3 is 0 Å². The number of rotatable bonds is 6. The van der Waals surface area contributed by atoms with Crippen molar-refractivity contribution in [2.75, 3.05) is 0 Å². The van der Waals surface area contributed by atoms with Gasteiger partial charge in [0.25, 0.3) is 5.91 Å². The van der Waals surface area contributed by atoms with Gasteiger partial charge in [0.15, 0.2) is 0 Å². The van der Waals surface area contributed by atoms with Gasteiger partial charge in [-0.1, -0.05) is 30.3 Å². The van der Waals surface area contributed by atoms with Crippen molar-refractivity contribution in [3.05, 3.63) is 96.4 Å². The molecule has 0 spiro atoms. The van der Waals surface area contributed by atoms with Gasteiger partial charge in [-0.3, -0.25) is 9.78 Å². The molecule has 4 aromatic rings. The van der Waals surface area contributed by atoms with Crippen LogP contribution in [0.5, 0.6) is 0 Å². The molecule has 0 saturated heterocycles. The molecular formula is C23H21N5O3S. The summed E-state index contributed by atoms with van der Waals surface area (Å²) >= 11 is 0. The van der Waals surface area contributed by atoms with Gasteiger partial charge in [0.05, 0.1) is 22.2 Å². The Labute approximate surface area is 185 Å². The number of nitrogens with one attached hydrogen (secondary N) is 1. The number of para-hydroxylation sites is 1. The second-order valence-corrected chi connectivity index (χ2v) is 8.78. The molecule has 0 radical (unpaired) electrons. The molecule has 32 heavy (non-hydrogen) atoms. The minimum Gasteiger partial charge on any atom is -0.345 e. The summed E-state index contributed by atoms with van der Waals surface area (Å²) in [4.78, 5) is 17.3. The van der Waals surface area contributed by atoms with Gasteiger partial charge in [-0.15, -0.1) is 0 Å². The molecule has 0 bridgehead atoms. The first-order chi connectivity index (χ1) is 15.3. The van der Waals surface area contributed by atoms with Crippen molar-refractivity contribution in [3.63, 3.8) is 0 Å². The molecule has 0 unspecified atom stereocenters. The minimum absolute atomic E-state index is 0.0165. The molecule has 0 aliphatic rings. The zero-order chi connectivity index (χ0) is 22.7. The molecule has 4 rings (SSSR count). The summed E-state index contributed by atoms with van der Waals surface area (Å²) < 4.78 is 24.6. The van der Waals surface area contributed by atoms with E-state index < -0.39 is 10.0 Å². The van der Waals surface area contributed by atoms with Crippen LogP contribution in [0, 0.1) is 0 Å². The number of hydrogen-bond donors (Lipinski definition) is 2. The summed E-state index contributed by atoms with van der Waals surface area (Å²) in [5.41, 5.74) is 3.19. The lowest BCUT2D eigenvalue weighted by Crippen LogP contribution is -2.27. The number of sulfonamides is 1. The fourth-order valence-corrected chi connectivity index (χ4v) is 3.79. The van der Waals surface area contributed by atoms with E-state index in [9.17, 15) is 13.2 Å². The molecule has 8 nitrogen and oxygen atoms in total. The number of hydrogen-bond acceptors (Lipinski definition) is 5. The second-order valence-electron chi connectivity index (χ2n) is 7.22. The average Bonchev–Trinajstić information content (AvgIpc) is 3.25. The van der Waals surface area contributed by atoms with Crippen LogP contribution < -0.4 is 10.5 Å². The van der Waals surface area contributed by atoms with E-state index in [-0.39, 0.29) is 16.8 Å². The van der Waals surface area contributed by atoms with E-state index in [1.54, 1.807) is 41.5 Å². The molecule has 9 heteroatoms. The average molecular weight is 448 g/mol. The summed E-state index contributed by atoms with van der Waals surface area (Å²) in [6, 6.07) is 18.8. The molecule has 2 aromatic carbocycles. The zero-order valence-electron chi connectivity index (χ0n) is 17.2. The maximum atomic E-state index is 13.2. The lowest BCUT2D eigenvalue weighted by atomic mass is 10.1. The molecular weight excluding hydrogens is 426 g/mol. The second kappa shape index (κ2) is 8.74. The van der Waals surface area contributed by atoms with Crippen molar-refractivity contribution in [3.8, 4) is 16.9 Å². The molecule has 2 aromatic heterocycles. The minimum atomic E-state index is -3.78. The fraction of sp³-hybridized carbons (Fsp3) is 0.0870. The molecule has 0 fully saturated rings. The SMILES string of the molecule is C[C@H](NC(=O)c1cn(-c2ccccc2)nc1-c1cccnc1)c1ccc(S(N)(=O)=O)cc1. The Morgan fingerprint density at radius 3 is 2.38 bits per heavy atom. The van der Waals surface area contributed by atoms with Gasteiger partial charge < -0.3 is 5.32 Å². The van der Waals surface area contributed by atoms with Gasteiger partial charge in [-0.05, 0) is 48.9 Å². The molecule has 2 heterocycles. The first-order valence-corrected chi connectivity index (χ1v) is 11.4. The monoisotopic (exact) mass is 447 g/mol. The Morgan fingerprint density at radius 2 is 1.75 bits per heavy atom. The summed E-state index contributed by atoms with van der Waals surface area (Å²) in [5, 5.41) is 12.7. The Kier molecular flexibility index (Phi) is 5.85. The third-order valence-electron chi connectivity index (χ3n) is 4.97. The third kappa shape index (κ3) is 4.58. The Morgan fingerprint density at radius 1 is 1.03 bits per heavy atom. The summed E-state index contributed by atoms with van der Waals surface area (Å²) in [7, 11) is -3.78. The number of benzene rings is 2. The van der Waals surface area contributed by atoms with E-state index in [4.69, 9.17) is 5.14 Å². The first kappa shape index (κ1) is 21.4. The van der Waals surface area contributed by atoms with Crippen molar-refractivity contribution in [1.82, 2.24) is 20.1 Å². The maximum absolute atomic E-state index is 13.2. The van der Waals surface area contributed by atoms with Gasteiger partial charge in [0.2, 0.25) is 10.0 Å². The quantitative estimate of drug-likeness (QED) is 0.471. The van der Waals surface area contributed by atoms with Crippen molar-refractivity contribution in [1.29, 1.82) is 0 Å². The molecule has 0 aliphatic heterocycles. The van der Waals surface area contributed by atoms with Crippen LogP contribution in [0.25, 0.3) is 16.9 Å². The van der Waals surface area contributed by atoms with Crippen LogP contribution in [0.4, 0.5) is 0 Å². The van der Waals surface area contributed by atoms with E-state index >= 15 is 0 Å². The normalized spacial score (nSPS) is 12.3. The summed E-state index contributed by atoms with van der Waals surface area (Å²) in [5.74, 6) is -0.311. The van der Waals surface area contributed by atoms with Crippen molar-refractivity contribution in [2.24, 2.45) is 5.14 Å². The third-order valence-corrected chi connectivity index (χ3v) is 5.90. The standard InChI is InChI=1S/C23H21N5O3S/c1-16(17-9-11-20(12-10-17)32(24,30)31)26-23(29)21-15-28(19-7-3-2-4-8-19)27-22(21)18-6-5-13-25-14-18/h2-16H,1H3,(H,26,29)(H2,24,30,31)/t16-/m0/s1. The fourth-order valence-electron chi connectivity index (χ4n) is 3.27. The van der Waals surface area contributed by atoms with Crippen LogP contribution >= 0.6 is 0 Å². The molecule has 0 aliphatic carbocycles. The van der Waals surface area contributed by atoms with Crippen LogP contribution in [0.1, 0.15) is 28.9 Å². The molecule has 1 amide bonds. The highest BCUT2D eigenvalue weighted by Gasteiger charge is 2.21. The van der Waals surface area contributed by atoms with Crippen LogP contribution in [0.2, 0.25) is 0 Å². The van der Waals surface area contributed by atoms with Crippen LogP contribution in [-0.2, 0) is 10.0 Å². The highest BCUT2D eigenvalue weighted by atomic mass is 32.2. The zero-order valence-corrected chi connectivity index (χ0v) is 18.0. The highest BCUT2D eigenvalue weighted by molar-refractivity contribution is 7.89. The highest BCUT2D eigenvalue weighted by Crippen LogP contribution is 2.24. The Hall–Kier alpha value is -3.82. The van der Waals surface area contributed by atoms with Crippen LogP contribution in [0.15, 0.2) is 90.2 Å². The maximum Gasteiger partial charge on any atom is 0.255 e. The number of amides is 1. The number of carbonyl (C=O) groups is 1. The van der Waals surface area contributed by atoms with Gasteiger partial charge in [0.1, 0.15) is 5.69 Å². The van der Waals surface area contributed by atoms with E-state index in [2.05, 4.69) is 15.4 Å². The van der Waals surface area contributed by atoms with E-state index in [0.717, 1.165) is 16.8 Å². The number of carbonyl (C=O) groups excluding carboxylic acids is 1. The van der Waals surface area contributed by atoms with Crippen LogP contribution in [0.3, 0.4) is 0 Å². The Balaban J connectivity index is 1.64. The predicted octanol–water partition coefficient (Wildman–Crippen LogP) is 3.07. The predicted molar refractivity (Wildman–Crippen MR) is 120 cm³/mol. The number of primary sulfonamides is 1. The van der Waals surface area contributed by atoms with E-state index in [1.807, 2.05) is 43.3 Å². The van der Waals surface area contributed by atoms with Crippen molar-refractivity contribution in [2.45, 2.75) is 17.9 Å². The Bertz CT molecular complexity index is 1340. The molecule has 162 valence electrons. The lowest BCUT2D eigenvalue weighted by Gasteiger charge is -2.14. The van der Waals surface area contributed by atoms with Crippen LogP contribution in [-0.4, -0.2) is 29.1 Å². The number of nitrogens with two attached hydrogens (primary N) is 1.